The molecule has 1 amide bonds. The molecule has 23 heavy (non-hydrogen) atoms. The van der Waals surface area contributed by atoms with Gasteiger partial charge in [-0.05, 0) is 44.9 Å². The highest BCUT2D eigenvalue weighted by atomic mass is 16.3. The molecule has 0 aliphatic carbocycles. The van der Waals surface area contributed by atoms with Gasteiger partial charge in [0.05, 0.1) is 5.60 Å². The third-order valence-electron chi connectivity index (χ3n) is 3.78. The summed E-state index contributed by atoms with van der Waals surface area (Å²) in [6, 6.07) is 14.0. The van der Waals surface area contributed by atoms with E-state index in [-0.39, 0.29) is 5.91 Å². The average Bonchev–Trinajstić information content (AvgIpc) is 2.98. The molecule has 2 aromatic rings. The lowest BCUT2D eigenvalue weighted by Gasteiger charge is -2.28. The summed E-state index contributed by atoms with van der Waals surface area (Å²) >= 11 is 0. The summed E-state index contributed by atoms with van der Waals surface area (Å²) in [6.07, 6.45) is 2.82. The van der Waals surface area contributed by atoms with Crippen LogP contribution in [0.3, 0.4) is 0 Å². The molecule has 1 N–H and O–H groups in total. The Hall–Kier alpha value is -2.07. The van der Waals surface area contributed by atoms with Crippen LogP contribution in [0, 0.1) is 0 Å². The van der Waals surface area contributed by atoms with E-state index in [0.29, 0.717) is 18.8 Å². The number of aryl methyl sites for hydroxylation is 2. The summed E-state index contributed by atoms with van der Waals surface area (Å²) in [5.41, 5.74) is 1.03. The number of nitrogens with zero attached hydrogens (tertiary/aromatic N) is 2. The molecule has 1 heterocycles. The Morgan fingerprint density at radius 2 is 1.87 bits per heavy atom. The molecule has 0 fully saturated rings. The van der Waals surface area contributed by atoms with Crippen molar-refractivity contribution in [3.05, 3.63) is 59.9 Å². The summed E-state index contributed by atoms with van der Waals surface area (Å²) in [7, 11) is 0. The standard InChI is InChI=1S/C19H26N2O2/c1-4-20(15-19(2,3)23)18(22)17-11-8-13-21(17)14-12-16-9-6-5-7-10-16/h5-11,13,23H,4,12,14-15H2,1-3H3. The van der Waals surface area contributed by atoms with E-state index in [0.717, 1.165) is 13.0 Å². The van der Waals surface area contributed by atoms with Crippen molar-refractivity contribution >= 4 is 5.91 Å². The fourth-order valence-corrected chi connectivity index (χ4v) is 2.65. The fourth-order valence-electron chi connectivity index (χ4n) is 2.65. The van der Waals surface area contributed by atoms with Gasteiger partial charge < -0.3 is 14.6 Å². The van der Waals surface area contributed by atoms with Crippen molar-refractivity contribution in [2.45, 2.75) is 39.3 Å². The number of rotatable bonds is 7. The van der Waals surface area contributed by atoms with Crippen LogP contribution in [-0.4, -0.2) is 39.2 Å². The van der Waals surface area contributed by atoms with Gasteiger partial charge in [0.1, 0.15) is 5.69 Å². The van der Waals surface area contributed by atoms with Gasteiger partial charge in [-0.15, -0.1) is 0 Å². The Bertz CT molecular complexity index is 626. The first-order valence-corrected chi connectivity index (χ1v) is 8.11. The van der Waals surface area contributed by atoms with Crippen LogP contribution in [0.1, 0.15) is 36.8 Å². The largest absolute Gasteiger partial charge is 0.389 e. The van der Waals surface area contributed by atoms with Gasteiger partial charge in [-0.3, -0.25) is 4.79 Å². The van der Waals surface area contributed by atoms with Crippen molar-refractivity contribution < 1.29 is 9.90 Å². The minimum Gasteiger partial charge on any atom is -0.389 e. The van der Waals surface area contributed by atoms with E-state index < -0.39 is 5.60 Å². The van der Waals surface area contributed by atoms with Crippen LogP contribution in [0.25, 0.3) is 0 Å². The zero-order valence-electron chi connectivity index (χ0n) is 14.2. The second-order valence-corrected chi connectivity index (χ2v) is 6.45. The van der Waals surface area contributed by atoms with Crippen molar-refractivity contribution in [1.29, 1.82) is 0 Å². The zero-order chi connectivity index (χ0) is 16.9. The van der Waals surface area contributed by atoms with E-state index >= 15 is 0 Å². The molecular formula is C19H26N2O2. The van der Waals surface area contributed by atoms with Gasteiger partial charge in [0.2, 0.25) is 0 Å². The Labute approximate surface area is 138 Å². The highest BCUT2D eigenvalue weighted by molar-refractivity contribution is 5.92. The maximum atomic E-state index is 12.7. The molecule has 0 aliphatic rings. The molecule has 4 nitrogen and oxygen atoms in total. The topological polar surface area (TPSA) is 45.5 Å². The molecule has 1 aromatic carbocycles. The number of benzene rings is 1. The molecule has 0 atom stereocenters. The van der Waals surface area contributed by atoms with E-state index in [4.69, 9.17) is 0 Å². The minimum absolute atomic E-state index is 0.0345. The van der Waals surface area contributed by atoms with Crippen LogP contribution in [0.15, 0.2) is 48.7 Å². The highest BCUT2D eigenvalue weighted by Gasteiger charge is 2.23. The lowest BCUT2D eigenvalue weighted by atomic mass is 10.1. The Kier molecular flexibility index (Phi) is 5.61. The number of hydrogen-bond donors (Lipinski definition) is 1. The van der Waals surface area contributed by atoms with E-state index in [2.05, 4.69) is 12.1 Å². The maximum Gasteiger partial charge on any atom is 0.270 e. The van der Waals surface area contributed by atoms with Crippen molar-refractivity contribution in [3.8, 4) is 0 Å². The molecule has 0 saturated carbocycles. The number of likely N-dealkylation sites (N-methyl/N-ethyl adjacent to an activating group) is 1. The molecular weight excluding hydrogens is 288 g/mol. The summed E-state index contributed by atoms with van der Waals surface area (Å²) in [5, 5.41) is 9.99. The summed E-state index contributed by atoms with van der Waals surface area (Å²) in [6.45, 7) is 7.03. The van der Waals surface area contributed by atoms with Gasteiger partial charge in [0.15, 0.2) is 0 Å². The lowest BCUT2D eigenvalue weighted by molar-refractivity contribution is 0.0309. The van der Waals surface area contributed by atoms with E-state index in [9.17, 15) is 9.90 Å². The average molecular weight is 314 g/mol. The second kappa shape index (κ2) is 7.47. The Morgan fingerprint density at radius 1 is 1.17 bits per heavy atom. The van der Waals surface area contributed by atoms with Crippen LogP contribution >= 0.6 is 0 Å². The van der Waals surface area contributed by atoms with Gasteiger partial charge in [-0.2, -0.15) is 0 Å². The molecule has 0 radical (unpaired) electrons. The Morgan fingerprint density at radius 3 is 2.48 bits per heavy atom. The van der Waals surface area contributed by atoms with Crippen molar-refractivity contribution in [2.24, 2.45) is 0 Å². The quantitative estimate of drug-likeness (QED) is 0.854. The van der Waals surface area contributed by atoms with Crippen LogP contribution in [0.2, 0.25) is 0 Å². The van der Waals surface area contributed by atoms with Gasteiger partial charge in [0.25, 0.3) is 5.91 Å². The van der Waals surface area contributed by atoms with E-state index in [1.54, 1.807) is 18.7 Å². The first-order chi connectivity index (χ1) is 10.9. The number of aliphatic hydroxyl groups is 1. The van der Waals surface area contributed by atoms with Crippen LogP contribution in [0.4, 0.5) is 0 Å². The fraction of sp³-hybridized carbons (Fsp3) is 0.421. The normalized spacial score (nSPS) is 11.5. The smallest absolute Gasteiger partial charge is 0.270 e. The van der Waals surface area contributed by atoms with Crippen LogP contribution in [-0.2, 0) is 13.0 Å². The monoisotopic (exact) mass is 314 g/mol. The summed E-state index contributed by atoms with van der Waals surface area (Å²) < 4.78 is 1.99. The molecule has 0 bridgehead atoms. The first kappa shape index (κ1) is 17.3. The first-order valence-electron chi connectivity index (χ1n) is 8.11. The van der Waals surface area contributed by atoms with Crippen molar-refractivity contribution in [2.75, 3.05) is 13.1 Å². The number of carbonyl (C=O) groups excluding carboxylic acids is 1. The van der Waals surface area contributed by atoms with Gasteiger partial charge in [-0.1, -0.05) is 30.3 Å². The highest BCUT2D eigenvalue weighted by Crippen LogP contribution is 2.12. The Balaban J connectivity index is 2.08. The predicted molar refractivity (Wildman–Crippen MR) is 92.5 cm³/mol. The van der Waals surface area contributed by atoms with Gasteiger partial charge >= 0.3 is 0 Å². The van der Waals surface area contributed by atoms with E-state index in [1.807, 2.05) is 48.0 Å². The van der Waals surface area contributed by atoms with Crippen molar-refractivity contribution in [3.63, 3.8) is 0 Å². The van der Waals surface area contributed by atoms with Crippen LogP contribution in [0.5, 0.6) is 0 Å². The van der Waals surface area contributed by atoms with Gasteiger partial charge in [0, 0.05) is 25.8 Å². The number of aromatic nitrogens is 1. The summed E-state index contributed by atoms with van der Waals surface area (Å²) in [4.78, 5) is 14.4. The molecule has 4 heteroatoms. The molecule has 0 spiro atoms. The van der Waals surface area contributed by atoms with Gasteiger partial charge in [-0.25, -0.2) is 0 Å². The molecule has 0 aliphatic heterocycles. The summed E-state index contributed by atoms with van der Waals surface area (Å²) in [5.74, 6) is -0.0345. The molecule has 2 rings (SSSR count). The molecule has 0 unspecified atom stereocenters. The minimum atomic E-state index is -0.896. The maximum absolute atomic E-state index is 12.7. The molecule has 124 valence electrons. The number of hydrogen-bond acceptors (Lipinski definition) is 2. The van der Waals surface area contributed by atoms with E-state index in [1.165, 1.54) is 5.56 Å². The third-order valence-corrected chi connectivity index (χ3v) is 3.78. The number of carbonyl (C=O) groups is 1. The predicted octanol–water partition coefficient (Wildman–Crippen LogP) is 2.96. The second-order valence-electron chi connectivity index (χ2n) is 6.45. The lowest BCUT2D eigenvalue weighted by Crippen LogP contribution is -2.42. The number of amides is 1. The van der Waals surface area contributed by atoms with Crippen molar-refractivity contribution in [1.82, 2.24) is 9.47 Å². The SMILES string of the molecule is CCN(CC(C)(C)O)C(=O)c1cccn1CCc1ccccc1. The zero-order valence-corrected chi connectivity index (χ0v) is 14.2. The third kappa shape index (κ3) is 4.96. The van der Waals surface area contributed by atoms with Crippen LogP contribution < -0.4 is 0 Å². The molecule has 0 saturated heterocycles. The molecule has 1 aromatic heterocycles.